The molecular formula is C14H12F3NOS. The molecule has 0 fully saturated rings. The summed E-state index contributed by atoms with van der Waals surface area (Å²) in [4.78, 5) is 0.401. The van der Waals surface area contributed by atoms with Gasteiger partial charge in [0.05, 0.1) is 0 Å². The Balaban J connectivity index is 2.12. The van der Waals surface area contributed by atoms with Crippen molar-refractivity contribution >= 4 is 17.4 Å². The molecule has 6 heteroatoms. The lowest BCUT2D eigenvalue weighted by atomic mass is 10.2. The molecule has 20 heavy (non-hydrogen) atoms. The number of rotatable bonds is 5. The van der Waals surface area contributed by atoms with E-state index >= 15 is 0 Å². The molecule has 0 radical (unpaired) electrons. The van der Waals surface area contributed by atoms with E-state index in [1.54, 1.807) is 24.3 Å². The Labute approximate surface area is 118 Å². The quantitative estimate of drug-likeness (QED) is 0.800. The zero-order chi connectivity index (χ0) is 14.5. The zero-order valence-corrected chi connectivity index (χ0v) is 11.1. The van der Waals surface area contributed by atoms with Crippen molar-refractivity contribution in [1.29, 1.82) is 0 Å². The molecule has 2 aromatic carbocycles. The minimum Gasteiger partial charge on any atom is -0.508 e. The van der Waals surface area contributed by atoms with E-state index in [0.717, 1.165) is 6.07 Å². The molecule has 2 rings (SSSR count). The third-order valence-corrected chi connectivity index (χ3v) is 3.40. The van der Waals surface area contributed by atoms with Gasteiger partial charge in [0.15, 0.2) is 0 Å². The second kappa shape index (κ2) is 6.56. The maximum atomic E-state index is 13.1. The number of benzene rings is 2. The van der Waals surface area contributed by atoms with Crippen LogP contribution in [0.4, 0.5) is 18.9 Å². The number of anilines is 1. The normalized spacial score (nSPS) is 10.8. The van der Waals surface area contributed by atoms with Gasteiger partial charge in [-0.3, -0.25) is 0 Å². The van der Waals surface area contributed by atoms with E-state index in [0.29, 0.717) is 27.9 Å². The SMILES string of the molecule is Oc1ccc(F)cc1CNc1ccccc1SC(F)F. The Kier molecular flexibility index (Phi) is 4.79. The molecule has 0 aliphatic carbocycles. The molecule has 0 heterocycles. The Morgan fingerprint density at radius 3 is 2.65 bits per heavy atom. The molecule has 0 aliphatic rings. The van der Waals surface area contributed by atoms with Crippen molar-refractivity contribution < 1.29 is 18.3 Å². The molecule has 2 aromatic rings. The number of thioether (sulfide) groups is 1. The Hall–Kier alpha value is -1.82. The molecule has 0 amide bonds. The molecular weight excluding hydrogens is 287 g/mol. The number of para-hydroxylation sites is 1. The summed E-state index contributed by atoms with van der Waals surface area (Å²) in [5.74, 6) is -3.02. The number of hydrogen-bond acceptors (Lipinski definition) is 3. The first-order valence-electron chi connectivity index (χ1n) is 5.81. The maximum absolute atomic E-state index is 13.1. The summed E-state index contributed by atoms with van der Waals surface area (Å²) in [5, 5.41) is 12.5. The second-order valence-corrected chi connectivity index (χ2v) is 5.03. The number of hydrogen-bond donors (Lipinski definition) is 2. The molecule has 0 atom stereocenters. The summed E-state index contributed by atoms with van der Waals surface area (Å²) in [6, 6.07) is 10.2. The topological polar surface area (TPSA) is 32.3 Å². The number of halogens is 3. The van der Waals surface area contributed by atoms with Gasteiger partial charge in [-0.2, -0.15) is 8.78 Å². The van der Waals surface area contributed by atoms with Crippen LogP contribution < -0.4 is 5.32 Å². The van der Waals surface area contributed by atoms with Gasteiger partial charge in [-0.15, -0.1) is 0 Å². The highest BCUT2D eigenvalue weighted by Crippen LogP contribution is 2.32. The fraction of sp³-hybridized carbons (Fsp3) is 0.143. The van der Waals surface area contributed by atoms with Gasteiger partial charge in [0.1, 0.15) is 11.6 Å². The number of alkyl halides is 2. The van der Waals surface area contributed by atoms with Gasteiger partial charge in [0.25, 0.3) is 5.76 Å². The van der Waals surface area contributed by atoms with Crippen LogP contribution in [0.15, 0.2) is 47.4 Å². The van der Waals surface area contributed by atoms with E-state index in [1.165, 1.54) is 12.1 Å². The molecule has 0 aromatic heterocycles. The van der Waals surface area contributed by atoms with Crippen LogP contribution in [-0.2, 0) is 6.54 Å². The molecule has 0 unspecified atom stereocenters. The van der Waals surface area contributed by atoms with Crippen molar-refractivity contribution in [3.8, 4) is 5.75 Å². The van der Waals surface area contributed by atoms with Gasteiger partial charge >= 0.3 is 0 Å². The fourth-order valence-electron chi connectivity index (χ4n) is 1.70. The molecule has 0 saturated heterocycles. The standard InChI is InChI=1S/C14H12F3NOS/c15-10-5-6-12(19)9(7-10)8-18-11-3-1-2-4-13(11)20-14(16)17/h1-7,14,18-19H,8H2. The van der Waals surface area contributed by atoms with E-state index in [-0.39, 0.29) is 12.3 Å². The second-order valence-electron chi connectivity index (χ2n) is 4.00. The van der Waals surface area contributed by atoms with Gasteiger partial charge in [-0.1, -0.05) is 23.9 Å². The summed E-state index contributed by atoms with van der Waals surface area (Å²) >= 11 is 0.435. The first kappa shape index (κ1) is 14.6. The van der Waals surface area contributed by atoms with E-state index in [1.807, 2.05) is 0 Å². The first-order chi connectivity index (χ1) is 9.56. The van der Waals surface area contributed by atoms with Crippen LogP contribution in [0.1, 0.15) is 5.56 Å². The zero-order valence-electron chi connectivity index (χ0n) is 10.3. The Morgan fingerprint density at radius 1 is 1.15 bits per heavy atom. The van der Waals surface area contributed by atoms with Crippen molar-refractivity contribution in [3.63, 3.8) is 0 Å². The summed E-state index contributed by atoms with van der Waals surface area (Å²) < 4.78 is 37.9. The highest BCUT2D eigenvalue weighted by atomic mass is 32.2. The van der Waals surface area contributed by atoms with Crippen LogP contribution in [0.2, 0.25) is 0 Å². The van der Waals surface area contributed by atoms with Crippen LogP contribution in [-0.4, -0.2) is 10.9 Å². The van der Waals surface area contributed by atoms with Crippen LogP contribution in [0.25, 0.3) is 0 Å². The van der Waals surface area contributed by atoms with Gasteiger partial charge < -0.3 is 10.4 Å². The van der Waals surface area contributed by atoms with Crippen molar-refractivity contribution in [3.05, 3.63) is 53.8 Å². The van der Waals surface area contributed by atoms with Gasteiger partial charge in [-0.25, -0.2) is 4.39 Å². The summed E-state index contributed by atoms with van der Waals surface area (Å²) in [7, 11) is 0. The molecule has 0 spiro atoms. The van der Waals surface area contributed by atoms with E-state index < -0.39 is 11.6 Å². The lowest BCUT2D eigenvalue weighted by Gasteiger charge is -2.12. The van der Waals surface area contributed by atoms with Crippen molar-refractivity contribution in [2.75, 3.05) is 5.32 Å². The Morgan fingerprint density at radius 2 is 1.90 bits per heavy atom. The summed E-state index contributed by atoms with van der Waals surface area (Å²) in [6.07, 6.45) is 0. The minimum atomic E-state index is -2.51. The highest BCUT2D eigenvalue weighted by Gasteiger charge is 2.10. The maximum Gasteiger partial charge on any atom is 0.288 e. The summed E-state index contributed by atoms with van der Waals surface area (Å²) in [6.45, 7) is 0.143. The molecule has 106 valence electrons. The lowest BCUT2D eigenvalue weighted by molar-refractivity contribution is 0.252. The molecule has 2 nitrogen and oxygen atoms in total. The Bertz CT molecular complexity index is 592. The third kappa shape index (κ3) is 3.84. The predicted molar refractivity (Wildman–Crippen MR) is 73.7 cm³/mol. The van der Waals surface area contributed by atoms with E-state index in [2.05, 4.69) is 5.32 Å². The van der Waals surface area contributed by atoms with E-state index in [4.69, 9.17) is 0 Å². The van der Waals surface area contributed by atoms with Crippen LogP contribution in [0, 0.1) is 5.82 Å². The summed E-state index contributed by atoms with van der Waals surface area (Å²) in [5.41, 5.74) is 0.878. The fourth-order valence-corrected chi connectivity index (χ4v) is 2.31. The van der Waals surface area contributed by atoms with Gasteiger partial charge in [-0.05, 0) is 30.3 Å². The van der Waals surface area contributed by atoms with Crippen molar-refractivity contribution in [2.24, 2.45) is 0 Å². The number of phenolic OH excluding ortho intramolecular Hbond substituents is 1. The molecule has 0 aliphatic heterocycles. The average molecular weight is 299 g/mol. The largest absolute Gasteiger partial charge is 0.508 e. The van der Waals surface area contributed by atoms with Crippen LogP contribution in [0.3, 0.4) is 0 Å². The molecule has 0 bridgehead atoms. The van der Waals surface area contributed by atoms with Crippen molar-refractivity contribution in [2.45, 2.75) is 17.2 Å². The molecule has 2 N–H and O–H groups in total. The van der Waals surface area contributed by atoms with E-state index in [9.17, 15) is 18.3 Å². The third-order valence-electron chi connectivity index (χ3n) is 2.61. The number of aromatic hydroxyl groups is 1. The highest BCUT2D eigenvalue weighted by molar-refractivity contribution is 7.99. The van der Waals surface area contributed by atoms with Crippen LogP contribution >= 0.6 is 11.8 Å². The van der Waals surface area contributed by atoms with Gasteiger partial charge in [0.2, 0.25) is 0 Å². The monoisotopic (exact) mass is 299 g/mol. The van der Waals surface area contributed by atoms with Crippen LogP contribution in [0.5, 0.6) is 5.75 Å². The predicted octanol–water partition coefficient (Wildman–Crippen LogP) is 4.46. The lowest BCUT2D eigenvalue weighted by Crippen LogP contribution is -2.01. The van der Waals surface area contributed by atoms with Crippen molar-refractivity contribution in [1.82, 2.24) is 0 Å². The smallest absolute Gasteiger partial charge is 0.288 e. The van der Waals surface area contributed by atoms with Gasteiger partial charge in [0, 0.05) is 22.7 Å². The molecule has 0 saturated carbocycles. The average Bonchev–Trinajstić information content (AvgIpc) is 2.41. The minimum absolute atomic E-state index is 0.0436. The number of phenols is 1. The first-order valence-corrected chi connectivity index (χ1v) is 6.69. The number of nitrogens with one attached hydrogen (secondary N) is 1.